The SMILES string of the molecule is CC(NS(=O)(=O)c1ccc(CN)nc1)c1cccnc1. The first-order valence-electron chi connectivity index (χ1n) is 6.10. The van der Waals surface area contributed by atoms with Gasteiger partial charge in [0.2, 0.25) is 10.0 Å². The van der Waals surface area contributed by atoms with Gasteiger partial charge in [0.25, 0.3) is 0 Å². The first kappa shape index (κ1) is 14.6. The van der Waals surface area contributed by atoms with Crippen LogP contribution in [-0.2, 0) is 16.6 Å². The van der Waals surface area contributed by atoms with Crippen LogP contribution in [-0.4, -0.2) is 18.4 Å². The fraction of sp³-hybridized carbons (Fsp3) is 0.231. The Morgan fingerprint density at radius 1 is 1.30 bits per heavy atom. The summed E-state index contributed by atoms with van der Waals surface area (Å²) >= 11 is 0. The average molecular weight is 292 g/mol. The van der Waals surface area contributed by atoms with E-state index < -0.39 is 10.0 Å². The molecule has 0 aliphatic carbocycles. The van der Waals surface area contributed by atoms with Gasteiger partial charge >= 0.3 is 0 Å². The highest BCUT2D eigenvalue weighted by Crippen LogP contribution is 2.15. The lowest BCUT2D eigenvalue weighted by atomic mass is 10.2. The maximum Gasteiger partial charge on any atom is 0.242 e. The highest BCUT2D eigenvalue weighted by atomic mass is 32.2. The number of aromatic nitrogens is 2. The maximum atomic E-state index is 12.2. The van der Waals surface area contributed by atoms with Crippen LogP contribution in [0.1, 0.15) is 24.2 Å². The first-order valence-corrected chi connectivity index (χ1v) is 7.58. The number of nitrogens with two attached hydrogens (primary N) is 1. The molecule has 2 heterocycles. The maximum absolute atomic E-state index is 12.2. The zero-order valence-electron chi connectivity index (χ0n) is 11.0. The number of hydrogen-bond acceptors (Lipinski definition) is 5. The summed E-state index contributed by atoms with van der Waals surface area (Å²) in [5.74, 6) is 0. The fourth-order valence-corrected chi connectivity index (χ4v) is 2.87. The Morgan fingerprint density at radius 3 is 2.65 bits per heavy atom. The molecule has 0 saturated carbocycles. The van der Waals surface area contributed by atoms with E-state index in [0.29, 0.717) is 5.69 Å². The van der Waals surface area contributed by atoms with Crippen molar-refractivity contribution in [3.8, 4) is 0 Å². The molecule has 1 atom stereocenters. The molecule has 1 unspecified atom stereocenters. The van der Waals surface area contributed by atoms with Crippen LogP contribution < -0.4 is 10.5 Å². The van der Waals surface area contributed by atoms with Gasteiger partial charge in [0.1, 0.15) is 4.90 Å². The molecule has 106 valence electrons. The highest BCUT2D eigenvalue weighted by molar-refractivity contribution is 7.89. The van der Waals surface area contributed by atoms with E-state index in [0.717, 1.165) is 5.56 Å². The van der Waals surface area contributed by atoms with Gasteiger partial charge in [-0.25, -0.2) is 13.1 Å². The Bertz CT molecular complexity index is 657. The van der Waals surface area contributed by atoms with E-state index in [2.05, 4.69) is 14.7 Å². The third-order valence-corrected chi connectivity index (χ3v) is 4.36. The van der Waals surface area contributed by atoms with Gasteiger partial charge < -0.3 is 5.73 Å². The number of pyridine rings is 2. The van der Waals surface area contributed by atoms with Crippen LogP contribution in [0.15, 0.2) is 47.8 Å². The minimum Gasteiger partial charge on any atom is -0.325 e. The van der Waals surface area contributed by atoms with Gasteiger partial charge in [0.05, 0.1) is 5.69 Å². The zero-order chi connectivity index (χ0) is 14.6. The van der Waals surface area contributed by atoms with Gasteiger partial charge in [-0.1, -0.05) is 6.07 Å². The van der Waals surface area contributed by atoms with E-state index in [9.17, 15) is 8.42 Å². The van der Waals surface area contributed by atoms with E-state index >= 15 is 0 Å². The Morgan fingerprint density at radius 2 is 2.10 bits per heavy atom. The molecule has 0 spiro atoms. The number of rotatable bonds is 5. The van der Waals surface area contributed by atoms with Crippen molar-refractivity contribution in [1.82, 2.24) is 14.7 Å². The third kappa shape index (κ3) is 3.38. The highest BCUT2D eigenvalue weighted by Gasteiger charge is 2.18. The van der Waals surface area contributed by atoms with Crippen LogP contribution >= 0.6 is 0 Å². The molecule has 0 radical (unpaired) electrons. The summed E-state index contributed by atoms with van der Waals surface area (Å²) in [4.78, 5) is 8.07. The number of hydrogen-bond donors (Lipinski definition) is 2. The topological polar surface area (TPSA) is 98.0 Å². The van der Waals surface area contributed by atoms with Crippen LogP contribution in [0, 0.1) is 0 Å². The summed E-state index contributed by atoms with van der Waals surface area (Å²) in [7, 11) is -3.61. The second-order valence-electron chi connectivity index (χ2n) is 4.32. The molecule has 0 aliphatic rings. The van der Waals surface area contributed by atoms with Crippen molar-refractivity contribution in [1.29, 1.82) is 0 Å². The monoisotopic (exact) mass is 292 g/mol. The Labute approximate surface area is 118 Å². The van der Waals surface area contributed by atoms with Crippen molar-refractivity contribution in [2.75, 3.05) is 0 Å². The molecule has 0 fully saturated rings. The van der Waals surface area contributed by atoms with Gasteiger partial charge in [-0.2, -0.15) is 0 Å². The predicted molar refractivity (Wildman–Crippen MR) is 75.1 cm³/mol. The van der Waals surface area contributed by atoms with Crippen molar-refractivity contribution < 1.29 is 8.42 Å². The van der Waals surface area contributed by atoms with Crippen LogP contribution in [0.25, 0.3) is 0 Å². The van der Waals surface area contributed by atoms with Gasteiger partial charge in [0, 0.05) is 31.2 Å². The minimum atomic E-state index is -3.61. The lowest BCUT2D eigenvalue weighted by molar-refractivity contribution is 0.566. The molecule has 3 N–H and O–H groups in total. The predicted octanol–water partition coefficient (Wildman–Crippen LogP) is 0.975. The molecule has 0 aromatic carbocycles. The summed E-state index contributed by atoms with van der Waals surface area (Å²) in [5, 5.41) is 0. The Balaban J connectivity index is 2.18. The van der Waals surface area contributed by atoms with Crippen LogP contribution in [0.3, 0.4) is 0 Å². The van der Waals surface area contributed by atoms with E-state index in [1.165, 1.54) is 12.3 Å². The van der Waals surface area contributed by atoms with Gasteiger partial charge in [0.15, 0.2) is 0 Å². The number of sulfonamides is 1. The Kier molecular flexibility index (Phi) is 4.43. The second-order valence-corrected chi connectivity index (χ2v) is 6.03. The molecule has 2 aromatic heterocycles. The molecule has 2 rings (SSSR count). The number of nitrogens with one attached hydrogen (secondary N) is 1. The van der Waals surface area contributed by atoms with Gasteiger partial charge in [-0.15, -0.1) is 0 Å². The molecular weight excluding hydrogens is 276 g/mol. The minimum absolute atomic E-state index is 0.116. The van der Waals surface area contributed by atoms with Crippen LogP contribution in [0.5, 0.6) is 0 Å². The van der Waals surface area contributed by atoms with Gasteiger partial charge in [-0.05, 0) is 30.7 Å². The average Bonchev–Trinajstić information content (AvgIpc) is 2.48. The van der Waals surface area contributed by atoms with Crippen molar-refractivity contribution in [3.05, 3.63) is 54.1 Å². The van der Waals surface area contributed by atoms with E-state index in [1.54, 1.807) is 31.5 Å². The smallest absolute Gasteiger partial charge is 0.242 e. The summed E-state index contributed by atoms with van der Waals surface area (Å²) < 4.78 is 27.0. The summed E-state index contributed by atoms with van der Waals surface area (Å²) in [6, 6.07) is 6.30. The zero-order valence-corrected chi connectivity index (χ0v) is 11.8. The molecule has 7 heteroatoms. The van der Waals surface area contributed by atoms with Gasteiger partial charge in [-0.3, -0.25) is 9.97 Å². The first-order chi connectivity index (χ1) is 9.53. The fourth-order valence-electron chi connectivity index (χ4n) is 1.69. The summed E-state index contributed by atoms with van der Waals surface area (Å²) in [6.07, 6.45) is 4.57. The molecule has 0 aliphatic heterocycles. The quantitative estimate of drug-likeness (QED) is 0.856. The van der Waals surface area contributed by atoms with E-state index in [-0.39, 0.29) is 17.5 Å². The van der Waals surface area contributed by atoms with Crippen molar-refractivity contribution in [2.24, 2.45) is 5.73 Å². The molecule has 0 bridgehead atoms. The Hall–Kier alpha value is -1.83. The van der Waals surface area contributed by atoms with E-state index in [1.807, 2.05) is 6.07 Å². The largest absolute Gasteiger partial charge is 0.325 e. The van der Waals surface area contributed by atoms with Crippen LogP contribution in [0.2, 0.25) is 0 Å². The van der Waals surface area contributed by atoms with Crippen molar-refractivity contribution >= 4 is 10.0 Å². The summed E-state index contributed by atoms with van der Waals surface area (Å²) in [6.45, 7) is 2.04. The van der Waals surface area contributed by atoms with E-state index in [4.69, 9.17) is 5.73 Å². The molecule has 0 saturated heterocycles. The lowest BCUT2D eigenvalue weighted by Gasteiger charge is -2.14. The van der Waals surface area contributed by atoms with Crippen molar-refractivity contribution in [3.63, 3.8) is 0 Å². The third-order valence-electron chi connectivity index (χ3n) is 2.83. The normalized spacial score (nSPS) is 13.1. The molecule has 20 heavy (non-hydrogen) atoms. The van der Waals surface area contributed by atoms with Crippen molar-refractivity contribution in [2.45, 2.75) is 24.4 Å². The molecule has 2 aromatic rings. The van der Waals surface area contributed by atoms with Crippen LogP contribution in [0.4, 0.5) is 0 Å². The standard InChI is InChI=1S/C13H16N4O2S/c1-10(11-3-2-6-15-8-11)17-20(18,19)13-5-4-12(7-14)16-9-13/h2-6,8-10,17H,7,14H2,1H3. The molecule has 6 nitrogen and oxygen atoms in total. The molecular formula is C13H16N4O2S. The molecule has 0 amide bonds. The second kappa shape index (κ2) is 6.08. The number of nitrogens with zero attached hydrogens (tertiary/aromatic N) is 2. The lowest BCUT2D eigenvalue weighted by Crippen LogP contribution is -2.27. The summed E-state index contributed by atoms with van der Waals surface area (Å²) in [5.41, 5.74) is 6.87.